The summed E-state index contributed by atoms with van der Waals surface area (Å²) in [6.07, 6.45) is 1.64. The molecule has 4 nitrogen and oxygen atoms in total. The lowest BCUT2D eigenvalue weighted by Crippen LogP contribution is -2.49. The molecule has 0 spiro atoms. The van der Waals surface area contributed by atoms with Crippen molar-refractivity contribution < 1.29 is 9.59 Å². The van der Waals surface area contributed by atoms with Crippen molar-refractivity contribution in [3.8, 4) is 0 Å². The van der Waals surface area contributed by atoms with Crippen LogP contribution in [0.5, 0.6) is 0 Å². The van der Waals surface area contributed by atoms with Crippen molar-refractivity contribution >= 4 is 34.8 Å². The van der Waals surface area contributed by atoms with E-state index in [2.05, 4.69) is 30.5 Å². The summed E-state index contributed by atoms with van der Waals surface area (Å²) < 4.78 is 0. The maximum absolute atomic E-state index is 13.4. The number of carbonyl (C=O) groups is 2. The monoisotopic (exact) mass is 418 g/mol. The van der Waals surface area contributed by atoms with E-state index in [0.29, 0.717) is 6.54 Å². The van der Waals surface area contributed by atoms with E-state index in [9.17, 15) is 9.59 Å². The minimum atomic E-state index is -0.190. The molecular weight excluding hydrogens is 392 g/mol. The quantitative estimate of drug-likeness (QED) is 0.652. The molecule has 2 amide bonds. The number of halogens is 1. The lowest BCUT2D eigenvalue weighted by molar-refractivity contribution is -0.142. The SMILES string of the molecule is CC[C@@H](C)N(CC(=O)N1CCc2sccc2[C@@H]1c1ccccc1C)C(=O)CCl. The zero-order valence-corrected chi connectivity index (χ0v) is 18.2. The molecule has 1 aromatic heterocycles. The lowest BCUT2D eigenvalue weighted by Gasteiger charge is -2.39. The minimum absolute atomic E-state index is 0.0198. The van der Waals surface area contributed by atoms with Gasteiger partial charge in [0.05, 0.1) is 6.04 Å². The third-order valence-corrected chi connectivity index (χ3v) is 6.86. The van der Waals surface area contributed by atoms with Gasteiger partial charge in [0.1, 0.15) is 12.4 Å². The van der Waals surface area contributed by atoms with Gasteiger partial charge in [-0.25, -0.2) is 0 Å². The van der Waals surface area contributed by atoms with Gasteiger partial charge < -0.3 is 9.80 Å². The molecular formula is C22H27ClN2O2S. The number of carbonyl (C=O) groups excluding carboxylic acids is 2. The molecule has 6 heteroatoms. The van der Waals surface area contributed by atoms with E-state index in [1.807, 2.05) is 30.9 Å². The highest BCUT2D eigenvalue weighted by molar-refractivity contribution is 7.10. The summed E-state index contributed by atoms with van der Waals surface area (Å²) in [6, 6.07) is 10.2. The van der Waals surface area contributed by atoms with E-state index in [1.54, 1.807) is 16.2 Å². The fraction of sp³-hybridized carbons (Fsp3) is 0.455. The minimum Gasteiger partial charge on any atom is -0.330 e. The van der Waals surface area contributed by atoms with E-state index < -0.39 is 0 Å². The number of hydrogen-bond acceptors (Lipinski definition) is 3. The largest absolute Gasteiger partial charge is 0.330 e. The molecule has 1 aliphatic rings. The molecule has 1 aromatic carbocycles. The highest BCUT2D eigenvalue weighted by Crippen LogP contribution is 2.39. The van der Waals surface area contributed by atoms with Gasteiger partial charge in [-0.2, -0.15) is 0 Å². The Hall–Kier alpha value is -1.85. The van der Waals surface area contributed by atoms with Crippen molar-refractivity contribution in [2.24, 2.45) is 0 Å². The maximum Gasteiger partial charge on any atom is 0.243 e. The van der Waals surface area contributed by atoms with Gasteiger partial charge in [0.25, 0.3) is 0 Å². The van der Waals surface area contributed by atoms with Crippen LogP contribution < -0.4 is 0 Å². The van der Waals surface area contributed by atoms with Crippen molar-refractivity contribution in [3.05, 3.63) is 57.3 Å². The highest BCUT2D eigenvalue weighted by Gasteiger charge is 2.35. The second kappa shape index (κ2) is 9.10. The van der Waals surface area contributed by atoms with Crippen LogP contribution in [-0.4, -0.2) is 46.6 Å². The molecule has 0 radical (unpaired) electrons. The smallest absolute Gasteiger partial charge is 0.243 e. The molecule has 0 saturated carbocycles. The third kappa shape index (κ3) is 4.11. The summed E-state index contributed by atoms with van der Waals surface area (Å²) in [7, 11) is 0. The van der Waals surface area contributed by atoms with Gasteiger partial charge in [-0.1, -0.05) is 31.2 Å². The number of rotatable bonds is 6. The molecule has 0 fully saturated rings. The van der Waals surface area contributed by atoms with E-state index in [-0.39, 0.29) is 36.3 Å². The Bertz CT molecular complexity index is 851. The summed E-state index contributed by atoms with van der Waals surface area (Å²) in [5.74, 6) is -0.318. The van der Waals surface area contributed by atoms with Crippen LogP contribution in [0, 0.1) is 6.92 Å². The van der Waals surface area contributed by atoms with E-state index in [1.165, 1.54) is 16.0 Å². The van der Waals surface area contributed by atoms with Crippen molar-refractivity contribution in [3.63, 3.8) is 0 Å². The van der Waals surface area contributed by atoms with Gasteiger partial charge in [0.15, 0.2) is 0 Å². The Morgan fingerprint density at radius 3 is 2.71 bits per heavy atom. The zero-order chi connectivity index (χ0) is 20.3. The topological polar surface area (TPSA) is 40.6 Å². The molecule has 0 saturated heterocycles. The van der Waals surface area contributed by atoms with Crippen LogP contribution >= 0.6 is 22.9 Å². The average Bonchev–Trinajstić information content (AvgIpc) is 3.19. The molecule has 0 N–H and O–H groups in total. The molecule has 1 aliphatic heterocycles. The predicted octanol–water partition coefficient (Wildman–Crippen LogP) is 4.40. The van der Waals surface area contributed by atoms with Crippen molar-refractivity contribution in [2.45, 2.75) is 45.7 Å². The Balaban J connectivity index is 1.94. The van der Waals surface area contributed by atoms with Gasteiger partial charge in [-0.05, 0) is 54.8 Å². The Labute approximate surface area is 176 Å². The van der Waals surface area contributed by atoms with Crippen LogP contribution in [0.25, 0.3) is 0 Å². The van der Waals surface area contributed by atoms with Crippen LogP contribution in [0.1, 0.15) is 47.9 Å². The number of amides is 2. The van der Waals surface area contributed by atoms with Crippen LogP contribution in [0.2, 0.25) is 0 Å². The van der Waals surface area contributed by atoms with Crippen molar-refractivity contribution in [1.29, 1.82) is 0 Å². The summed E-state index contributed by atoms with van der Waals surface area (Å²) in [5.41, 5.74) is 3.52. The van der Waals surface area contributed by atoms with Crippen LogP contribution in [0.15, 0.2) is 35.7 Å². The molecule has 0 unspecified atom stereocenters. The van der Waals surface area contributed by atoms with Gasteiger partial charge in [-0.15, -0.1) is 22.9 Å². The van der Waals surface area contributed by atoms with Gasteiger partial charge in [-0.3, -0.25) is 9.59 Å². The lowest BCUT2D eigenvalue weighted by atomic mass is 9.90. The van der Waals surface area contributed by atoms with Crippen molar-refractivity contribution in [1.82, 2.24) is 9.80 Å². The second-order valence-electron chi connectivity index (χ2n) is 7.31. The van der Waals surface area contributed by atoms with Crippen molar-refractivity contribution in [2.75, 3.05) is 19.0 Å². The first kappa shape index (κ1) is 20.9. The number of benzene rings is 1. The zero-order valence-electron chi connectivity index (χ0n) is 16.7. The standard InChI is InChI=1S/C22H27ClN2O2S/c1-4-16(3)25(20(26)13-23)14-21(27)24-11-9-19-18(10-12-28-19)22(24)17-8-6-5-7-15(17)2/h5-8,10,12,16,22H,4,9,11,13-14H2,1-3H3/t16-,22+/m1/s1. The first-order chi connectivity index (χ1) is 13.5. The number of thiophene rings is 1. The fourth-order valence-electron chi connectivity index (χ4n) is 3.84. The normalized spacial score (nSPS) is 17.1. The first-order valence-electron chi connectivity index (χ1n) is 9.74. The Kier molecular flexibility index (Phi) is 6.78. The maximum atomic E-state index is 13.4. The van der Waals surface area contributed by atoms with Crippen LogP contribution in [0.3, 0.4) is 0 Å². The second-order valence-corrected chi connectivity index (χ2v) is 8.58. The molecule has 2 aromatic rings. The number of nitrogens with zero attached hydrogens (tertiary/aromatic N) is 2. The molecule has 0 aliphatic carbocycles. The molecule has 2 heterocycles. The number of alkyl halides is 1. The molecule has 28 heavy (non-hydrogen) atoms. The molecule has 3 rings (SSSR count). The van der Waals surface area contributed by atoms with E-state index >= 15 is 0 Å². The number of aryl methyl sites for hydroxylation is 1. The van der Waals surface area contributed by atoms with Gasteiger partial charge >= 0.3 is 0 Å². The summed E-state index contributed by atoms with van der Waals surface area (Å²) in [4.78, 5) is 30.6. The number of fused-ring (bicyclic) bond motifs is 1. The first-order valence-corrected chi connectivity index (χ1v) is 11.2. The molecule has 150 valence electrons. The van der Waals surface area contributed by atoms with Crippen LogP contribution in [-0.2, 0) is 16.0 Å². The summed E-state index contributed by atoms with van der Waals surface area (Å²) in [5, 5.41) is 2.10. The third-order valence-electron chi connectivity index (χ3n) is 5.63. The fourth-order valence-corrected chi connectivity index (χ4v) is 4.89. The highest BCUT2D eigenvalue weighted by atomic mass is 35.5. The summed E-state index contributed by atoms with van der Waals surface area (Å²) in [6.45, 7) is 6.79. The molecule has 2 atom stereocenters. The average molecular weight is 419 g/mol. The van der Waals surface area contributed by atoms with Crippen LogP contribution in [0.4, 0.5) is 0 Å². The van der Waals surface area contributed by atoms with Gasteiger partial charge in [0, 0.05) is 17.5 Å². The molecule has 0 bridgehead atoms. The Morgan fingerprint density at radius 2 is 2.04 bits per heavy atom. The predicted molar refractivity (Wildman–Crippen MR) is 115 cm³/mol. The Morgan fingerprint density at radius 1 is 1.29 bits per heavy atom. The summed E-state index contributed by atoms with van der Waals surface area (Å²) >= 11 is 7.55. The van der Waals surface area contributed by atoms with Gasteiger partial charge in [0.2, 0.25) is 11.8 Å². The van der Waals surface area contributed by atoms with E-state index in [4.69, 9.17) is 11.6 Å². The number of hydrogen-bond donors (Lipinski definition) is 0. The van der Waals surface area contributed by atoms with E-state index in [0.717, 1.165) is 18.4 Å².